The highest BCUT2D eigenvalue weighted by molar-refractivity contribution is 6.39. The Hall–Kier alpha value is -3.61. The molecule has 2 aromatic rings. The van der Waals surface area contributed by atoms with E-state index in [1.807, 2.05) is 0 Å². The number of carbonyl (C=O) groups excluding carboxylic acids is 2. The van der Waals surface area contributed by atoms with Gasteiger partial charge in [-0.1, -0.05) is 24.8 Å². The molecule has 0 bridgehead atoms. The van der Waals surface area contributed by atoms with E-state index < -0.39 is 11.8 Å². The van der Waals surface area contributed by atoms with E-state index in [2.05, 4.69) is 22.4 Å². The Morgan fingerprint density at radius 2 is 1.88 bits per heavy atom. The first-order chi connectivity index (χ1) is 12.6. The molecule has 0 radical (unpaired) electrons. The fourth-order valence-corrected chi connectivity index (χ4v) is 1.92. The van der Waals surface area contributed by atoms with Crippen LogP contribution >= 0.6 is 0 Å². The van der Waals surface area contributed by atoms with E-state index in [1.165, 1.54) is 6.21 Å². The van der Waals surface area contributed by atoms with Crippen molar-refractivity contribution >= 4 is 23.7 Å². The van der Waals surface area contributed by atoms with Crippen molar-refractivity contribution in [2.24, 2.45) is 5.10 Å². The summed E-state index contributed by atoms with van der Waals surface area (Å²) in [5.41, 5.74) is 3.36. The maximum atomic E-state index is 11.8. The summed E-state index contributed by atoms with van der Waals surface area (Å²) in [4.78, 5) is 23.6. The number of nitrogens with one attached hydrogen (secondary N) is 2. The highest BCUT2D eigenvalue weighted by Gasteiger charge is 2.12. The van der Waals surface area contributed by atoms with E-state index in [4.69, 9.17) is 9.47 Å². The first-order valence-corrected chi connectivity index (χ1v) is 7.74. The molecule has 0 unspecified atom stereocenters. The maximum absolute atomic E-state index is 11.8. The van der Waals surface area contributed by atoms with Crippen LogP contribution in [0.4, 0.5) is 5.69 Å². The van der Waals surface area contributed by atoms with Gasteiger partial charge in [0.25, 0.3) is 0 Å². The zero-order valence-corrected chi connectivity index (χ0v) is 14.3. The van der Waals surface area contributed by atoms with Crippen molar-refractivity contribution in [2.75, 3.05) is 19.0 Å². The summed E-state index contributed by atoms with van der Waals surface area (Å²) in [5, 5.41) is 6.24. The zero-order valence-electron chi connectivity index (χ0n) is 14.3. The third-order valence-corrected chi connectivity index (χ3v) is 3.16. The summed E-state index contributed by atoms with van der Waals surface area (Å²) < 4.78 is 10.4. The van der Waals surface area contributed by atoms with Crippen LogP contribution in [0.2, 0.25) is 0 Å². The molecule has 134 valence electrons. The molecule has 2 rings (SSSR count). The third kappa shape index (κ3) is 5.79. The van der Waals surface area contributed by atoms with Gasteiger partial charge in [-0.15, -0.1) is 0 Å². The van der Waals surface area contributed by atoms with E-state index >= 15 is 0 Å². The number of nitrogens with zero attached hydrogens (tertiary/aromatic N) is 1. The highest BCUT2D eigenvalue weighted by Crippen LogP contribution is 2.15. The van der Waals surface area contributed by atoms with Gasteiger partial charge in [0.05, 0.1) is 13.3 Å². The first-order valence-electron chi connectivity index (χ1n) is 7.74. The second-order valence-corrected chi connectivity index (χ2v) is 5.05. The summed E-state index contributed by atoms with van der Waals surface area (Å²) in [6.45, 7) is 3.97. The SMILES string of the molecule is C=CCOc1cccc(C=NNC(=O)C(=O)Nc2ccc(OC)cc2)c1. The predicted molar refractivity (Wildman–Crippen MR) is 99.5 cm³/mol. The van der Waals surface area contributed by atoms with E-state index in [-0.39, 0.29) is 0 Å². The summed E-state index contributed by atoms with van der Waals surface area (Å²) in [5.74, 6) is -0.403. The topological polar surface area (TPSA) is 89.0 Å². The van der Waals surface area contributed by atoms with Crippen LogP contribution in [0.1, 0.15) is 5.56 Å². The van der Waals surface area contributed by atoms with Crippen LogP contribution < -0.4 is 20.2 Å². The fraction of sp³-hybridized carbons (Fsp3) is 0.105. The van der Waals surface area contributed by atoms with Crippen LogP contribution in [-0.2, 0) is 9.59 Å². The van der Waals surface area contributed by atoms with Gasteiger partial charge in [-0.2, -0.15) is 5.10 Å². The van der Waals surface area contributed by atoms with Gasteiger partial charge in [-0.3, -0.25) is 9.59 Å². The van der Waals surface area contributed by atoms with E-state index in [1.54, 1.807) is 61.7 Å². The van der Waals surface area contributed by atoms with Crippen LogP contribution in [0.5, 0.6) is 11.5 Å². The number of methoxy groups -OCH3 is 1. The molecule has 0 spiro atoms. The molecule has 0 aliphatic carbocycles. The highest BCUT2D eigenvalue weighted by atomic mass is 16.5. The molecule has 7 nitrogen and oxygen atoms in total. The Labute approximate surface area is 151 Å². The molecule has 26 heavy (non-hydrogen) atoms. The lowest BCUT2D eigenvalue weighted by Gasteiger charge is -2.05. The quantitative estimate of drug-likeness (QED) is 0.346. The number of hydrogen-bond donors (Lipinski definition) is 2. The molecule has 0 aliphatic heterocycles. The average molecular weight is 353 g/mol. The smallest absolute Gasteiger partial charge is 0.329 e. The van der Waals surface area contributed by atoms with Gasteiger partial charge < -0.3 is 14.8 Å². The number of anilines is 1. The number of ether oxygens (including phenoxy) is 2. The van der Waals surface area contributed by atoms with Gasteiger partial charge in [0, 0.05) is 5.69 Å². The van der Waals surface area contributed by atoms with Crippen molar-refractivity contribution in [3.8, 4) is 11.5 Å². The Morgan fingerprint density at radius 3 is 2.58 bits per heavy atom. The number of hydrazone groups is 1. The Bertz CT molecular complexity index is 801. The normalized spacial score (nSPS) is 10.2. The molecule has 0 saturated carbocycles. The molecule has 0 heterocycles. The van der Waals surface area contributed by atoms with E-state index in [0.717, 1.165) is 0 Å². The summed E-state index contributed by atoms with van der Waals surface area (Å²) in [6.07, 6.45) is 3.06. The van der Waals surface area contributed by atoms with Crippen LogP contribution in [0.3, 0.4) is 0 Å². The molecule has 0 saturated heterocycles. The second-order valence-electron chi connectivity index (χ2n) is 5.05. The van der Waals surface area contributed by atoms with Gasteiger partial charge in [-0.05, 0) is 42.0 Å². The lowest BCUT2D eigenvalue weighted by atomic mass is 10.2. The molecule has 2 N–H and O–H groups in total. The van der Waals surface area contributed by atoms with Crippen LogP contribution in [0.25, 0.3) is 0 Å². The fourth-order valence-electron chi connectivity index (χ4n) is 1.92. The Kier molecular flexibility index (Phi) is 6.93. The van der Waals surface area contributed by atoms with Crippen molar-refractivity contribution in [3.05, 3.63) is 66.7 Å². The lowest BCUT2D eigenvalue weighted by molar-refractivity contribution is -0.136. The lowest BCUT2D eigenvalue weighted by Crippen LogP contribution is -2.32. The number of benzene rings is 2. The van der Waals surface area contributed by atoms with Gasteiger partial charge in [0.2, 0.25) is 0 Å². The van der Waals surface area contributed by atoms with E-state index in [9.17, 15) is 9.59 Å². The number of amides is 2. The zero-order chi connectivity index (χ0) is 18.8. The third-order valence-electron chi connectivity index (χ3n) is 3.16. The minimum absolute atomic E-state index is 0.392. The van der Waals surface area contributed by atoms with Gasteiger partial charge in [0.15, 0.2) is 0 Å². The van der Waals surface area contributed by atoms with Gasteiger partial charge >= 0.3 is 11.8 Å². The van der Waals surface area contributed by atoms with Crippen molar-refractivity contribution in [1.82, 2.24) is 5.43 Å². The van der Waals surface area contributed by atoms with Gasteiger partial charge in [-0.25, -0.2) is 5.43 Å². The minimum atomic E-state index is -0.879. The second kappa shape index (κ2) is 9.63. The molecule has 2 amide bonds. The Balaban J connectivity index is 1.87. The number of hydrogen-bond acceptors (Lipinski definition) is 5. The number of rotatable bonds is 7. The summed E-state index contributed by atoms with van der Waals surface area (Å²) in [7, 11) is 1.54. The molecule has 0 aliphatic rings. The molecular formula is C19H19N3O4. The molecule has 0 fully saturated rings. The van der Waals surface area contributed by atoms with Crippen molar-refractivity contribution in [3.63, 3.8) is 0 Å². The molecule has 0 aromatic heterocycles. The average Bonchev–Trinajstić information content (AvgIpc) is 2.67. The van der Waals surface area contributed by atoms with Crippen LogP contribution in [0, 0.1) is 0 Å². The van der Waals surface area contributed by atoms with Crippen molar-refractivity contribution in [2.45, 2.75) is 0 Å². The van der Waals surface area contributed by atoms with Crippen molar-refractivity contribution < 1.29 is 19.1 Å². The molecular weight excluding hydrogens is 334 g/mol. The van der Waals surface area contributed by atoms with Crippen LogP contribution in [-0.4, -0.2) is 31.7 Å². The summed E-state index contributed by atoms with van der Waals surface area (Å²) >= 11 is 0. The molecule has 0 atom stereocenters. The van der Waals surface area contributed by atoms with Crippen LogP contribution in [0.15, 0.2) is 66.3 Å². The maximum Gasteiger partial charge on any atom is 0.329 e. The monoisotopic (exact) mass is 353 g/mol. The Morgan fingerprint density at radius 1 is 1.12 bits per heavy atom. The predicted octanol–water partition coefficient (Wildman–Crippen LogP) is 2.35. The molecule has 7 heteroatoms. The number of carbonyl (C=O) groups is 2. The van der Waals surface area contributed by atoms with E-state index in [0.29, 0.717) is 29.4 Å². The molecule has 2 aromatic carbocycles. The summed E-state index contributed by atoms with van der Waals surface area (Å²) in [6, 6.07) is 13.7. The largest absolute Gasteiger partial charge is 0.497 e. The first kappa shape index (κ1) is 18.7. The van der Waals surface area contributed by atoms with Gasteiger partial charge in [0.1, 0.15) is 18.1 Å². The minimum Gasteiger partial charge on any atom is -0.497 e. The van der Waals surface area contributed by atoms with Crippen molar-refractivity contribution in [1.29, 1.82) is 0 Å². The standard InChI is InChI=1S/C19H19N3O4/c1-3-11-26-17-6-4-5-14(12-17)13-20-22-19(24)18(23)21-15-7-9-16(25-2)10-8-15/h3-10,12-13H,1,11H2,2H3,(H,21,23)(H,22,24).